The van der Waals surface area contributed by atoms with Crippen LogP contribution in [0.25, 0.3) is 11.1 Å². The summed E-state index contributed by atoms with van der Waals surface area (Å²) < 4.78 is 10.9. The third kappa shape index (κ3) is 3.58. The van der Waals surface area contributed by atoms with Crippen molar-refractivity contribution in [1.29, 1.82) is 0 Å². The summed E-state index contributed by atoms with van der Waals surface area (Å²) in [5.74, 6) is 1.37. The molecule has 1 fully saturated rings. The highest BCUT2D eigenvalue weighted by molar-refractivity contribution is 6.02. The van der Waals surface area contributed by atoms with Gasteiger partial charge in [0, 0.05) is 25.3 Å². The molecule has 0 unspecified atom stereocenters. The third-order valence-electron chi connectivity index (χ3n) is 6.10. The first kappa shape index (κ1) is 20.1. The second-order valence-electron chi connectivity index (χ2n) is 8.46. The van der Waals surface area contributed by atoms with Gasteiger partial charge in [0.2, 0.25) is 12.7 Å². The maximum atomic E-state index is 13.2. The minimum absolute atomic E-state index is 0.0135. The van der Waals surface area contributed by atoms with E-state index < -0.39 is 5.41 Å². The van der Waals surface area contributed by atoms with Gasteiger partial charge in [-0.25, -0.2) is 0 Å². The summed E-state index contributed by atoms with van der Waals surface area (Å²) in [5.41, 5.74) is 3.77. The van der Waals surface area contributed by atoms with Crippen LogP contribution >= 0.6 is 0 Å². The van der Waals surface area contributed by atoms with Crippen molar-refractivity contribution in [3.63, 3.8) is 0 Å². The Morgan fingerprint density at radius 2 is 1.62 bits per heavy atom. The van der Waals surface area contributed by atoms with Gasteiger partial charge < -0.3 is 19.7 Å². The first-order valence-corrected chi connectivity index (χ1v) is 10.6. The molecule has 0 bridgehead atoms. The summed E-state index contributed by atoms with van der Waals surface area (Å²) in [5, 5.41) is 3.09. The molecule has 2 amide bonds. The molecule has 6 nitrogen and oxygen atoms in total. The number of nitrogens with zero attached hydrogens (tertiary/aromatic N) is 1. The van der Waals surface area contributed by atoms with Crippen molar-refractivity contribution in [3.05, 3.63) is 77.9 Å². The van der Waals surface area contributed by atoms with E-state index in [2.05, 4.69) is 5.32 Å². The molecule has 0 atom stereocenters. The predicted molar refractivity (Wildman–Crippen MR) is 122 cm³/mol. The lowest BCUT2D eigenvalue weighted by Crippen LogP contribution is -2.27. The smallest absolute Gasteiger partial charge is 0.253 e. The van der Waals surface area contributed by atoms with E-state index in [0.717, 1.165) is 41.0 Å². The Morgan fingerprint density at radius 3 is 2.34 bits per heavy atom. The lowest BCUT2D eigenvalue weighted by Gasteiger charge is -2.17. The molecule has 3 aromatic rings. The number of anilines is 1. The monoisotopic (exact) mass is 428 g/mol. The van der Waals surface area contributed by atoms with Crippen LogP contribution in [-0.4, -0.2) is 37.6 Å². The molecule has 162 valence electrons. The van der Waals surface area contributed by atoms with Gasteiger partial charge in [-0.2, -0.15) is 0 Å². The van der Waals surface area contributed by atoms with Gasteiger partial charge in [0.25, 0.3) is 5.91 Å². The molecule has 0 aromatic heterocycles. The summed E-state index contributed by atoms with van der Waals surface area (Å²) in [6.45, 7) is 0.217. The molecule has 5 rings (SSSR count). The third-order valence-corrected chi connectivity index (χ3v) is 6.10. The van der Waals surface area contributed by atoms with E-state index in [9.17, 15) is 9.59 Å². The van der Waals surface area contributed by atoms with E-state index in [0.29, 0.717) is 11.3 Å². The molecule has 1 heterocycles. The highest BCUT2D eigenvalue weighted by atomic mass is 16.7. The number of carbonyl (C=O) groups is 2. The number of carbonyl (C=O) groups excluding carboxylic acids is 2. The Morgan fingerprint density at radius 1 is 0.875 bits per heavy atom. The molecule has 2 aliphatic rings. The van der Waals surface area contributed by atoms with E-state index >= 15 is 0 Å². The van der Waals surface area contributed by atoms with E-state index in [1.54, 1.807) is 19.0 Å². The van der Waals surface area contributed by atoms with Gasteiger partial charge in [-0.05, 0) is 65.9 Å². The first-order valence-electron chi connectivity index (χ1n) is 10.6. The van der Waals surface area contributed by atoms with Crippen LogP contribution in [0.4, 0.5) is 5.69 Å². The molecule has 0 spiro atoms. The summed E-state index contributed by atoms with van der Waals surface area (Å²) in [6.07, 6.45) is 1.61. The minimum Gasteiger partial charge on any atom is -0.454 e. The molecule has 1 saturated carbocycles. The lowest BCUT2D eigenvalue weighted by molar-refractivity contribution is -0.118. The normalized spacial score (nSPS) is 15.2. The van der Waals surface area contributed by atoms with E-state index in [4.69, 9.17) is 9.47 Å². The topological polar surface area (TPSA) is 67.9 Å². The molecule has 1 N–H and O–H groups in total. The van der Waals surface area contributed by atoms with Crippen molar-refractivity contribution in [2.45, 2.75) is 18.3 Å². The standard InChI is InChI=1S/C26H24N2O4/c1-28(2)24(29)18-8-6-17(7-9-18)19-4-3-5-21(14-19)27-25(30)26(12-13-26)20-10-11-22-23(15-20)32-16-31-22/h3-11,14-15H,12-13,16H2,1-2H3,(H,27,30). The second-order valence-corrected chi connectivity index (χ2v) is 8.46. The average molecular weight is 428 g/mol. The maximum Gasteiger partial charge on any atom is 0.253 e. The van der Waals surface area contributed by atoms with Crippen molar-refractivity contribution < 1.29 is 19.1 Å². The van der Waals surface area contributed by atoms with Crippen LogP contribution in [0.1, 0.15) is 28.8 Å². The summed E-state index contributed by atoms with van der Waals surface area (Å²) in [6, 6.07) is 21.0. The second kappa shape index (κ2) is 7.71. The Kier molecular flexibility index (Phi) is 4.85. The van der Waals surface area contributed by atoms with Crippen molar-refractivity contribution >= 4 is 17.5 Å². The van der Waals surface area contributed by atoms with Crippen molar-refractivity contribution in [2.75, 3.05) is 26.2 Å². The Bertz CT molecular complexity index is 1200. The molecule has 6 heteroatoms. The minimum atomic E-state index is -0.523. The van der Waals surface area contributed by atoms with Crippen LogP contribution in [0.2, 0.25) is 0 Å². The lowest BCUT2D eigenvalue weighted by atomic mass is 9.94. The Labute approximate surface area is 186 Å². The van der Waals surface area contributed by atoms with Gasteiger partial charge in [0.05, 0.1) is 5.41 Å². The van der Waals surface area contributed by atoms with Crippen LogP contribution in [0.3, 0.4) is 0 Å². The van der Waals surface area contributed by atoms with E-state index in [1.165, 1.54) is 0 Å². The van der Waals surface area contributed by atoms with Crippen molar-refractivity contribution in [3.8, 4) is 22.6 Å². The number of amides is 2. The van der Waals surface area contributed by atoms with Crippen LogP contribution in [0.5, 0.6) is 11.5 Å². The zero-order chi connectivity index (χ0) is 22.3. The number of fused-ring (bicyclic) bond motifs is 1. The number of ether oxygens (including phenoxy) is 2. The predicted octanol–water partition coefficient (Wildman–Crippen LogP) is 4.45. The van der Waals surface area contributed by atoms with Gasteiger partial charge >= 0.3 is 0 Å². The SMILES string of the molecule is CN(C)C(=O)c1ccc(-c2cccc(NC(=O)C3(c4ccc5c(c4)OCO5)CC3)c2)cc1. The first-order chi connectivity index (χ1) is 15.5. The van der Waals surface area contributed by atoms with Crippen LogP contribution in [-0.2, 0) is 10.2 Å². The van der Waals surface area contributed by atoms with Gasteiger partial charge in [0.15, 0.2) is 11.5 Å². The fraction of sp³-hybridized carbons (Fsp3) is 0.231. The summed E-state index contributed by atoms with van der Waals surface area (Å²) in [4.78, 5) is 26.9. The van der Waals surface area contributed by atoms with Gasteiger partial charge in [0.1, 0.15) is 0 Å². The zero-order valence-corrected chi connectivity index (χ0v) is 18.1. The van der Waals surface area contributed by atoms with E-state index in [1.807, 2.05) is 66.7 Å². The zero-order valence-electron chi connectivity index (χ0n) is 18.1. The number of hydrogen-bond donors (Lipinski definition) is 1. The van der Waals surface area contributed by atoms with Gasteiger partial charge in [-0.1, -0.05) is 30.3 Å². The average Bonchev–Trinajstić information content (AvgIpc) is 3.49. The van der Waals surface area contributed by atoms with Crippen molar-refractivity contribution in [1.82, 2.24) is 4.90 Å². The maximum absolute atomic E-state index is 13.2. The number of benzene rings is 3. The molecule has 3 aromatic carbocycles. The molecule has 32 heavy (non-hydrogen) atoms. The molecular weight excluding hydrogens is 404 g/mol. The van der Waals surface area contributed by atoms with Gasteiger partial charge in [-0.3, -0.25) is 9.59 Å². The fourth-order valence-corrected chi connectivity index (χ4v) is 4.06. The highest BCUT2D eigenvalue weighted by Crippen LogP contribution is 2.51. The number of nitrogens with one attached hydrogen (secondary N) is 1. The Hall–Kier alpha value is -3.80. The Balaban J connectivity index is 1.34. The number of rotatable bonds is 5. The molecule has 1 aliphatic heterocycles. The quantitative estimate of drug-likeness (QED) is 0.652. The summed E-state index contributed by atoms with van der Waals surface area (Å²) in [7, 11) is 3.47. The van der Waals surface area contributed by atoms with Crippen molar-refractivity contribution in [2.24, 2.45) is 0 Å². The molecular formula is C26H24N2O4. The summed E-state index contributed by atoms with van der Waals surface area (Å²) >= 11 is 0. The van der Waals surface area contributed by atoms with Gasteiger partial charge in [-0.15, -0.1) is 0 Å². The largest absolute Gasteiger partial charge is 0.454 e. The molecule has 0 radical (unpaired) electrons. The highest BCUT2D eigenvalue weighted by Gasteiger charge is 2.51. The van der Waals surface area contributed by atoms with E-state index in [-0.39, 0.29) is 18.6 Å². The molecule has 0 saturated heterocycles. The van der Waals surface area contributed by atoms with Crippen LogP contribution in [0.15, 0.2) is 66.7 Å². The number of hydrogen-bond acceptors (Lipinski definition) is 4. The van der Waals surface area contributed by atoms with Crippen LogP contribution in [0, 0.1) is 0 Å². The van der Waals surface area contributed by atoms with Crippen LogP contribution < -0.4 is 14.8 Å². The molecule has 1 aliphatic carbocycles. The fourth-order valence-electron chi connectivity index (χ4n) is 4.06.